The van der Waals surface area contributed by atoms with Gasteiger partial charge in [-0.2, -0.15) is 0 Å². The lowest BCUT2D eigenvalue weighted by Gasteiger charge is -2.24. The van der Waals surface area contributed by atoms with Crippen LogP contribution in [-0.2, 0) is 36.8 Å². The van der Waals surface area contributed by atoms with Crippen molar-refractivity contribution in [3.63, 3.8) is 0 Å². The van der Waals surface area contributed by atoms with E-state index in [1.165, 1.54) is 19.1 Å². The number of carbonyl (C=O) groups is 5. The van der Waals surface area contributed by atoms with Crippen LogP contribution in [0.3, 0.4) is 0 Å². The van der Waals surface area contributed by atoms with E-state index in [4.69, 9.17) is 16.6 Å². The number of phenols is 1. The third-order valence-electron chi connectivity index (χ3n) is 5.41. The van der Waals surface area contributed by atoms with Crippen molar-refractivity contribution in [3.05, 3.63) is 65.7 Å². The minimum absolute atomic E-state index is 0.0424. The number of nitrogens with two attached hydrogens (primary N) is 2. The van der Waals surface area contributed by atoms with Gasteiger partial charge < -0.3 is 37.6 Å². The molecule has 2 rings (SSSR count). The van der Waals surface area contributed by atoms with Gasteiger partial charge in [-0.1, -0.05) is 42.5 Å². The third-order valence-corrected chi connectivity index (χ3v) is 5.41. The molecule has 0 spiro atoms. The molecular formula is C25H31N5O7. The fourth-order valence-corrected chi connectivity index (χ4v) is 3.37. The van der Waals surface area contributed by atoms with Gasteiger partial charge in [-0.15, -0.1) is 0 Å². The third kappa shape index (κ3) is 9.61. The molecule has 4 unspecified atom stereocenters. The number of amides is 4. The quantitative estimate of drug-likeness (QED) is 0.175. The lowest BCUT2D eigenvalue weighted by molar-refractivity contribution is -0.142. The Bertz CT molecular complexity index is 1110. The highest BCUT2D eigenvalue weighted by Crippen LogP contribution is 2.11. The number of hydrogen-bond acceptors (Lipinski definition) is 7. The second-order valence-corrected chi connectivity index (χ2v) is 8.53. The maximum Gasteiger partial charge on any atom is 0.325 e. The molecule has 0 bridgehead atoms. The van der Waals surface area contributed by atoms with E-state index in [1.807, 2.05) is 0 Å². The van der Waals surface area contributed by atoms with E-state index in [0.717, 1.165) is 0 Å². The van der Waals surface area contributed by atoms with Crippen molar-refractivity contribution in [2.24, 2.45) is 11.5 Å². The number of benzene rings is 2. The smallest absolute Gasteiger partial charge is 0.325 e. The van der Waals surface area contributed by atoms with Crippen LogP contribution in [-0.4, -0.2) is 64.0 Å². The van der Waals surface area contributed by atoms with Crippen LogP contribution in [0, 0.1) is 0 Å². The Kier molecular flexibility index (Phi) is 10.6. The molecule has 2 aromatic rings. The summed E-state index contributed by atoms with van der Waals surface area (Å²) in [4.78, 5) is 61.2. The molecule has 0 aliphatic heterocycles. The zero-order valence-corrected chi connectivity index (χ0v) is 20.2. The molecule has 198 valence electrons. The molecule has 4 atom stereocenters. The second kappa shape index (κ2) is 13.6. The van der Waals surface area contributed by atoms with Crippen molar-refractivity contribution < 1.29 is 34.2 Å². The lowest BCUT2D eigenvalue weighted by Crippen LogP contribution is -2.58. The van der Waals surface area contributed by atoms with Gasteiger partial charge in [0.15, 0.2) is 0 Å². The summed E-state index contributed by atoms with van der Waals surface area (Å²) in [6.45, 7) is 1.22. The van der Waals surface area contributed by atoms with Crippen LogP contribution >= 0.6 is 0 Å². The van der Waals surface area contributed by atoms with Gasteiger partial charge >= 0.3 is 5.97 Å². The van der Waals surface area contributed by atoms with Crippen LogP contribution in [0.25, 0.3) is 0 Å². The Morgan fingerprint density at radius 1 is 0.784 bits per heavy atom. The predicted octanol–water partition coefficient (Wildman–Crippen LogP) is -1.06. The van der Waals surface area contributed by atoms with Gasteiger partial charge in [0.2, 0.25) is 23.6 Å². The second-order valence-electron chi connectivity index (χ2n) is 8.53. The Hall–Kier alpha value is -4.45. The number of hydrogen-bond donors (Lipinski definition) is 7. The molecule has 0 aliphatic carbocycles. The van der Waals surface area contributed by atoms with Gasteiger partial charge in [-0.05, 0) is 36.6 Å². The van der Waals surface area contributed by atoms with E-state index in [0.29, 0.717) is 11.1 Å². The SMILES string of the molecule is CC(NC(=O)C(CC(N)=O)NC(=O)C(Cc1ccccc1)NC(=O)C(N)Cc1ccc(O)cc1)C(=O)O. The number of aromatic hydroxyl groups is 1. The first-order valence-corrected chi connectivity index (χ1v) is 11.5. The Morgan fingerprint density at radius 2 is 1.32 bits per heavy atom. The molecule has 0 fully saturated rings. The molecule has 37 heavy (non-hydrogen) atoms. The zero-order chi connectivity index (χ0) is 27.5. The Labute approximate surface area is 213 Å². The van der Waals surface area contributed by atoms with Crippen molar-refractivity contribution in [1.29, 1.82) is 0 Å². The summed E-state index contributed by atoms with van der Waals surface area (Å²) in [6.07, 6.45) is -0.414. The van der Waals surface area contributed by atoms with Crippen LogP contribution in [0.5, 0.6) is 5.75 Å². The Balaban J connectivity index is 2.19. The molecule has 12 heteroatoms. The zero-order valence-electron chi connectivity index (χ0n) is 20.2. The number of aliphatic carboxylic acids is 1. The van der Waals surface area contributed by atoms with E-state index < -0.39 is 60.2 Å². The van der Waals surface area contributed by atoms with E-state index >= 15 is 0 Å². The fourth-order valence-electron chi connectivity index (χ4n) is 3.37. The maximum atomic E-state index is 13.2. The van der Waals surface area contributed by atoms with Gasteiger partial charge in [-0.3, -0.25) is 24.0 Å². The van der Waals surface area contributed by atoms with Gasteiger partial charge in [-0.25, -0.2) is 0 Å². The molecule has 0 heterocycles. The Morgan fingerprint density at radius 3 is 1.89 bits per heavy atom. The molecule has 0 radical (unpaired) electrons. The predicted molar refractivity (Wildman–Crippen MR) is 133 cm³/mol. The topological polar surface area (TPSA) is 214 Å². The highest BCUT2D eigenvalue weighted by atomic mass is 16.4. The molecule has 0 saturated heterocycles. The highest BCUT2D eigenvalue weighted by molar-refractivity contribution is 5.96. The maximum absolute atomic E-state index is 13.2. The number of rotatable bonds is 13. The number of carboxylic acid groups (broad SMARTS) is 1. The minimum Gasteiger partial charge on any atom is -0.508 e. The van der Waals surface area contributed by atoms with E-state index in [9.17, 15) is 29.1 Å². The van der Waals surface area contributed by atoms with Gasteiger partial charge in [0.05, 0.1) is 12.5 Å². The first kappa shape index (κ1) is 28.8. The van der Waals surface area contributed by atoms with E-state index in [-0.39, 0.29) is 18.6 Å². The van der Waals surface area contributed by atoms with Gasteiger partial charge in [0.1, 0.15) is 23.9 Å². The molecule has 0 saturated carbocycles. The molecular weight excluding hydrogens is 482 g/mol. The van der Waals surface area contributed by atoms with Crippen LogP contribution < -0.4 is 27.4 Å². The fraction of sp³-hybridized carbons (Fsp3) is 0.320. The summed E-state index contributed by atoms with van der Waals surface area (Å²) in [5.41, 5.74) is 12.6. The van der Waals surface area contributed by atoms with E-state index in [2.05, 4.69) is 16.0 Å². The minimum atomic E-state index is -1.47. The summed E-state index contributed by atoms with van der Waals surface area (Å²) in [5.74, 6) is -4.50. The summed E-state index contributed by atoms with van der Waals surface area (Å²) >= 11 is 0. The van der Waals surface area contributed by atoms with Crippen molar-refractivity contribution in [1.82, 2.24) is 16.0 Å². The molecule has 2 aromatic carbocycles. The van der Waals surface area contributed by atoms with Crippen LogP contribution in [0.15, 0.2) is 54.6 Å². The molecule has 12 nitrogen and oxygen atoms in total. The van der Waals surface area contributed by atoms with Crippen molar-refractivity contribution in [2.45, 2.75) is 50.4 Å². The molecule has 0 aromatic heterocycles. The van der Waals surface area contributed by atoms with Crippen LogP contribution in [0.2, 0.25) is 0 Å². The monoisotopic (exact) mass is 513 g/mol. The summed E-state index contributed by atoms with van der Waals surface area (Å²) < 4.78 is 0. The number of carbonyl (C=O) groups excluding carboxylic acids is 4. The lowest BCUT2D eigenvalue weighted by atomic mass is 10.0. The van der Waals surface area contributed by atoms with Crippen molar-refractivity contribution >= 4 is 29.6 Å². The molecule has 0 aliphatic rings. The van der Waals surface area contributed by atoms with Crippen LogP contribution in [0.4, 0.5) is 0 Å². The summed E-state index contributed by atoms with van der Waals surface area (Å²) in [5, 5.41) is 25.6. The molecule has 9 N–H and O–H groups in total. The van der Waals surface area contributed by atoms with Crippen molar-refractivity contribution in [2.75, 3.05) is 0 Å². The number of nitrogens with one attached hydrogen (secondary N) is 3. The summed E-state index contributed by atoms with van der Waals surface area (Å²) in [6, 6.07) is 9.95. The number of phenolic OH excluding ortho intramolecular Hbond substituents is 1. The normalized spacial score (nSPS) is 13.9. The van der Waals surface area contributed by atoms with E-state index in [1.54, 1.807) is 42.5 Å². The van der Waals surface area contributed by atoms with Gasteiger partial charge in [0, 0.05) is 6.42 Å². The molecule has 4 amide bonds. The highest BCUT2D eigenvalue weighted by Gasteiger charge is 2.30. The average Bonchev–Trinajstić information content (AvgIpc) is 2.84. The first-order valence-electron chi connectivity index (χ1n) is 11.5. The largest absolute Gasteiger partial charge is 0.508 e. The van der Waals surface area contributed by atoms with Crippen molar-refractivity contribution in [3.8, 4) is 5.75 Å². The standard InChI is InChI=1S/C25H31N5O7/c1-14(25(36)37)28-23(34)20(13-21(27)32)30-24(35)19(12-15-5-3-2-4-6-15)29-22(33)18(26)11-16-7-9-17(31)10-8-16/h2-10,14,18-20,31H,11-13,26H2,1H3,(H2,27,32)(H,28,34)(H,29,33)(H,30,35)(H,36,37). The number of primary amides is 1. The van der Waals surface area contributed by atoms with Crippen LogP contribution in [0.1, 0.15) is 24.5 Å². The first-order chi connectivity index (χ1) is 17.5. The average molecular weight is 514 g/mol. The number of carboxylic acids is 1. The summed E-state index contributed by atoms with van der Waals surface area (Å²) in [7, 11) is 0. The van der Waals surface area contributed by atoms with Gasteiger partial charge in [0.25, 0.3) is 0 Å².